The highest BCUT2D eigenvalue weighted by molar-refractivity contribution is 5.79. The minimum absolute atomic E-state index is 0.0421. The van der Waals surface area contributed by atoms with Crippen molar-refractivity contribution in [2.24, 2.45) is 11.3 Å². The normalized spacial score (nSPS) is 26.1. The zero-order valence-corrected chi connectivity index (χ0v) is 13.2. The van der Waals surface area contributed by atoms with Gasteiger partial charge in [0.2, 0.25) is 0 Å². The number of ether oxygens (including phenoxy) is 1. The van der Waals surface area contributed by atoms with E-state index in [1.165, 1.54) is 5.57 Å². The lowest BCUT2D eigenvalue weighted by Gasteiger charge is -2.39. The van der Waals surface area contributed by atoms with Crippen LogP contribution in [-0.2, 0) is 9.53 Å². The van der Waals surface area contributed by atoms with Gasteiger partial charge in [-0.2, -0.15) is 0 Å². The number of hydrogen-bond acceptors (Lipinski definition) is 2. The van der Waals surface area contributed by atoms with Crippen molar-refractivity contribution < 1.29 is 14.6 Å². The maximum absolute atomic E-state index is 12.0. The lowest BCUT2D eigenvalue weighted by molar-refractivity contribution is -0.149. The van der Waals surface area contributed by atoms with Crippen LogP contribution >= 0.6 is 0 Å². The number of methoxy groups -OCH3 is 1. The highest BCUT2D eigenvalue weighted by Gasteiger charge is 2.45. The van der Waals surface area contributed by atoms with Gasteiger partial charge in [0.1, 0.15) is 0 Å². The Labute approximate surface area is 122 Å². The van der Waals surface area contributed by atoms with E-state index in [9.17, 15) is 9.90 Å². The number of aliphatic carboxylic acids is 1. The fourth-order valence-electron chi connectivity index (χ4n) is 3.37. The van der Waals surface area contributed by atoms with Crippen LogP contribution in [0, 0.1) is 11.3 Å². The molecule has 3 nitrogen and oxygen atoms in total. The van der Waals surface area contributed by atoms with Crippen LogP contribution in [0.1, 0.15) is 52.9 Å². The van der Waals surface area contributed by atoms with Crippen molar-refractivity contribution in [2.45, 2.75) is 52.9 Å². The Hall–Kier alpha value is -1.09. The zero-order chi connectivity index (χ0) is 15.2. The summed E-state index contributed by atoms with van der Waals surface area (Å²) in [6.07, 6.45) is 8.72. The lowest BCUT2D eigenvalue weighted by Crippen LogP contribution is -2.40. The van der Waals surface area contributed by atoms with Gasteiger partial charge < -0.3 is 9.84 Å². The van der Waals surface area contributed by atoms with Gasteiger partial charge in [-0.25, -0.2) is 0 Å². The molecule has 0 saturated carbocycles. The molecule has 20 heavy (non-hydrogen) atoms. The van der Waals surface area contributed by atoms with Crippen LogP contribution < -0.4 is 0 Å². The van der Waals surface area contributed by atoms with Crippen molar-refractivity contribution >= 4 is 5.97 Å². The molecule has 1 rings (SSSR count). The molecule has 1 N–H and O–H groups in total. The molecule has 0 aromatic carbocycles. The number of carboxylic acids is 1. The summed E-state index contributed by atoms with van der Waals surface area (Å²) in [5, 5.41) is 9.88. The topological polar surface area (TPSA) is 46.5 Å². The fourth-order valence-corrected chi connectivity index (χ4v) is 3.37. The van der Waals surface area contributed by atoms with Gasteiger partial charge in [0.25, 0.3) is 0 Å². The van der Waals surface area contributed by atoms with Crippen LogP contribution in [0.3, 0.4) is 0 Å². The van der Waals surface area contributed by atoms with Gasteiger partial charge in [0, 0.05) is 19.6 Å². The second kappa shape index (κ2) is 7.63. The van der Waals surface area contributed by atoms with E-state index in [-0.39, 0.29) is 5.92 Å². The van der Waals surface area contributed by atoms with Crippen molar-refractivity contribution in [1.82, 2.24) is 0 Å². The molecule has 3 heteroatoms. The van der Waals surface area contributed by atoms with Crippen molar-refractivity contribution in [3.8, 4) is 0 Å². The molecule has 0 fully saturated rings. The van der Waals surface area contributed by atoms with Crippen molar-refractivity contribution in [3.63, 3.8) is 0 Å². The van der Waals surface area contributed by atoms with Crippen molar-refractivity contribution in [2.75, 3.05) is 13.7 Å². The molecule has 0 aromatic heterocycles. The summed E-state index contributed by atoms with van der Waals surface area (Å²) < 4.78 is 5.18. The van der Waals surface area contributed by atoms with Gasteiger partial charge in [-0.3, -0.25) is 4.79 Å². The van der Waals surface area contributed by atoms with Gasteiger partial charge in [0.05, 0.1) is 5.41 Å². The SMILES string of the molecule is CCCCCC1(C(=O)O)C=C(C)C=C(C)C1CCOC. The molecular weight excluding hydrogens is 252 g/mol. The quantitative estimate of drug-likeness (QED) is 0.678. The Morgan fingerprint density at radius 3 is 2.65 bits per heavy atom. The van der Waals surface area contributed by atoms with Crippen LogP contribution in [0.5, 0.6) is 0 Å². The first-order chi connectivity index (χ1) is 9.47. The monoisotopic (exact) mass is 280 g/mol. The van der Waals surface area contributed by atoms with E-state index in [4.69, 9.17) is 4.74 Å². The summed E-state index contributed by atoms with van der Waals surface area (Å²) in [5.41, 5.74) is 1.48. The Kier molecular flexibility index (Phi) is 6.47. The average Bonchev–Trinajstić information content (AvgIpc) is 2.37. The van der Waals surface area contributed by atoms with Crippen LogP contribution in [0.2, 0.25) is 0 Å². The first-order valence-electron chi connectivity index (χ1n) is 7.58. The molecule has 0 spiro atoms. The van der Waals surface area contributed by atoms with E-state index in [1.54, 1.807) is 7.11 Å². The van der Waals surface area contributed by atoms with Gasteiger partial charge in [-0.05, 0) is 26.7 Å². The molecule has 0 bridgehead atoms. The van der Waals surface area contributed by atoms with E-state index in [0.717, 1.165) is 31.3 Å². The van der Waals surface area contributed by atoms with Crippen LogP contribution in [0.4, 0.5) is 0 Å². The second-order valence-corrected chi connectivity index (χ2v) is 5.91. The van der Waals surface area contributed by atoms with Crippen molar-refractivity contribution in [1.29, 1.82) is 0 Å². The minimum Gasteiger partial charge on any atom is -0.481 e. The molecule has 0 aromatic rings. The molecule has 2 unspecified atom stereocenters. The number of unbranched alkanes of at least 4 members (excludes halogenated alkanes) is 2. The molecular formula is C17H28O3. The standard InChI is InChI=1S/C17H28O3/c1-5-6-7-9-17(16(18)19)12-13(2)11-14(3)15(17)8-10-20-4/h11-12,15H,5-10H2,1-4H3,(H,18,19). The van der Waals surface area contributed by atoms with Gasteiger partial charge in [0.15, 0.2) is 0 Å². The fraction of sp³-hybridized carbons (Fsp3) is 0.706. The Morgan fingerprint density at radius 2 is 2.10 bits per heavy atom. The molecule has 2 atom stereocenters. The zero-order valence-electron chi connectivity index (χ0n) is 13.2. The van der Waals surface area contributed by atoms with Crippen LogP contribution in [0.15, 0.2) is 23.3 Å². The van der Waals surface area contributed by atoms with Crippen LogP contribution in [-0.4, -0.2) is 24.8 Å². The number of carbonyl (C=O) groups is 1. The number of hydrogen-bond donors (Lipinski definition) is 1. The maximum Gasteiger partial charge on any atom is 0.314 e. The summed E-state index contributed by atoms with van der Waals surface area (Å²) in [5.74, 6) is -0.651. The summed E-state index contributed by atoms with van der Waals surface area (Å²) >= 11 is 0. The summed E-state index contributed by atoms with van der Waals surface area (Å²) in [6.45, 7) is 6.79. The smallest absolute Gasteiger partial charge is 0.314 e. The predicted molar refractivity (Wildman–Crippen MR) is 81.7 cm³/mol. The summed E-state index contributed by atoms with van der Waals surface area (Å²) in [6, 6.07) is 0. The third kappa shape index (κ3) is 3.72. The molecule has 114 valence electrons. The van der Waals surface area contributed by atoms with Gasteiger partial charge >= 0.3 is 5.97 Å². The molecule has 0 heterocycles. The molecule has 0 radical (unpaired) electrons. The van der Waals surface area contributed by atoms with E-state index in [2.05, 4.69) is 13.0 Å². The van der Waals surface area contributed by atoms with Crippen molar-refractivity contribution in [3.05, 3.63) is 23.3 Å². The third-order valence-corrected chi connectivity index (χ3v) is 4.31. The lowest BCUT2D eigenvalue weighted by atomic mass is 9.64. The highest BCUT2D eigenvalue weighted by Crippen LogP contribution is 2.45. The molecule has 0 amide bonds. The Balaban J connectivity index is 3.06. The molecule has 0 saturated heterocycles. The van der Waals surface area contributed by atoms with E-state index >= 15 is 0 Å². The Bertz CT molecular complexity index is 395. The van der Waals surface area contributed by atoms with Crippen LogP contribution in [0.25, 0.3) is 0 Å². The first-order valence-corrected chi connectivity index (χ1v) is 7.58. The molecule has 1 aliphatic carbocycles. The highest BCUT2D eigenvalue weighted by atomic mass is 16.5. The van der Waals surface area contributed by atoms with E-state index in [0.29, 0.717) is 13.0 Å². The second-order valence-electron chi connectivity index (χ2n) is 5.91. The van der Waals surface area contributed by atoms with E-state index in [1.807, 2.05) is 19.9 Å². The molecule has 0 aliphatic heterocycles. The summed E-state index contributed by atoms with van der Waals surface area (Å²) in [7, 11) is 1.67. The predicted octanol–water partition coefficient (Wildman–Crippen LogP) is 4.20. The number of allylic oxidation sites excluding steroid dienone is 3. The Morgan fingerprint density at radius 1 is 1.40 bits per heavy atom. The maximum atomic E-state index is 12.0. The van der Waals surface area contributed by atoms with Gasteiger partial charge in [-0.1, -0.05) is 49.5 Å². The summed E-state index contributed by atoms with van der Waals surface area (Å²) in [4.78, 5) is 12.0. The van der Waals surface area contributed by atoms with E-state index < -0.39 is 11.4 Å². The molecule has 1 aliphatic rings. The first kappa shape index (κ1) is 17.0. The van der Waals surface area contributed by atoms with Gasteiger partial charge in [-0.15, -0.1) is 0 Å². The number of carboxylic acid groups (broad SMARTS) is 1. The minimum atomic E-state index is -0.753. The average molecular weight is 280 g/mol. The largest absolute Gasteiger partial charge is 0.481 e. The third-order valence-electron chi connectivity index (χ3n) is 4.31. The number of rotatable bonds is 8.